The number of benzene rings is 1. The molecule has 1 N–H and O–H groups in total. The van der Waals surface area contributed by atoms with Crippen LogP contribution in [0.5, 0.6) is 0 Å². The first kappa shape index (κ1) is 14.0. The molecule has 3 rings (SSSR count). The second-order valence-corrected chi connectivity index (χ2v) is 6.26. The van der Waals surface area contributed by atoms with Crippen molar-refractivity contribution in [2.45, 2.75) is 31.7 Å². The maximum absolute atomic E-state index is 6.21. The van der Waals surface area contributed by atoms with Crippen molar-refractivity contribution in [2.24, 2.45) is 0 Å². The largest absolute Gasteiger partial charge is 0.334 e. The fourth-order valence-electron chi connectivity index (χ4n) is 2.40. The highest BCUT2D eigenvalue weighted by molar-refractivity contribution is 9.10. The Hall–Kier alpha value is -0.910. The molecule has 1 aliphatic rings. The number of halogens is 2. The van der Waals surface area contributed by atoms with E-state index in [4.69, 9.17) is 16.1 Å². The highest BCUT2D eigenvalue weighted by Gasteiger charge is 2.20. The molecule has 0 bridgehead atoms. The Bertz CT molecular complexity index is 594. The molecule has 20 heavy (non-hydrogen) atoms. The first-order valence-electron chi connectivity index (χ1n) is 6.76. The van der Waals surface area contributed by atoms with Gasteiger partial charge in [-0.2, -0.15) is 4.98 Å². The van der Waals surface area contributed by atoms with Crippen molar-refractivity contribution >= 4 is 27.5 Å². The molecule has 1 unspecified atom stereocenters. The Kier molecular flexibility index (Phi) is 4.38. The summed E-state index contributed by atoms with van der Waals surface area (Å²) < 4.78 is 6.29. The molecule has 4 nitrogen and oxygen atoms in total. The zero-order valence-corrected chi connectivity index (χ0v) is 13.2. The average molecular weight is 357 g/mol. The maximum atomic E-state index is 6.21. The minimum atomic E-state index is 0.184. The van der Waals surface area contributed by atoms with Crippen LogP contribution in [0.4, 0.5) is 0 Å². The van der Waals surface area contributed by atoms with E-state index in [1.165, 1.54) is 19.3 Å². The average Bonchev–Trinajstić information content (AvgIpc) is 2.74. The number of nitrogens with one attached hydrogen (secondary N) is 1. The van der Waals surface area contributed by atoms with Gasteiger partial charge in [0.2, 0.25) is 0 Å². The lowest BCUT2D eigenvalue weighted by molar-refractivity contribution is 0.402. The van der Waals surface area contributed by atoms with E-state index < -0.39 is 0 Å². The predicted molar refractivity (Wildman–Crippen MR) is 81.7 cm³/mol. The topological polar surface area (TPSA) is 51.0 Å². The molecular weight excluding hydrogens is 342 g/mol. The third kappa shape index (κ3) is 3.05. The first-order valence-corrected chi connectivity index (χ1v) is 7.93. The van der Waals surface area contributed by atoms with Gasteiger partial charge in [-0.25, -0.2) is 0 Å². The molecule has 0 spiro atoms. The number of hydrogen-bond acceptors (Lipinski definition) is 4. The van der Waals surface area contributed by atoms with E-state index in [2.05, 4.69) is 31.4 Å². The van der Waals surface area contributed by atoms with Gasteiger partial charge in [-0.15, -0.1) is 0 Å². The first-order chi connectivity index (χ1) is 9.74. The van der Waals surface area contributed by atoms with Gasteiger partial charge in [-0.1, -0.05) is 45.5 Å². The molecule has 0 saturated carbocycles. The maximum Gasteiger partial charge on any atom is 0.259 e. The molecule has 0 radical (unpaired) electrons. The quantitative estimate of drug-likeness (QED) is 0.868. The van der Waals surface area contributed by atoms with Crippen LogP contribution in [0.1, 0.15) is 37.5 Å². The second kappa shape index (κ2) is 6.24. The molecule has 1 aliphatic heterocycles. The third-order valence-electron chi connectivity index (χ3n) is 3.48. The van der Waals surface area contributed by atoms with Crippen molar-refractivity contribution in [2.75, 3.05) is 6.54 Å². The van der Waals surface area contributed by atoms with E-state index in [0.29, 0.717) is 10.9 Å². The molecule has 2 aromatic rings. The molecule has 1 fully saturated rings. The molecule has 1 atom stereocenters. The third-order valence-corrected chi connectivity index (χ3v) is 4.28. The van der Waals surface area contributed by atoms with E-state index in [-0.39, 0.29) is 6.04 Å². The van der Waals surface area contributed by atoms with E-state index in [1.807, 2.05) is 18.2 Å². The van der Waals surface area contributed by atoms with Crippen molar-refractivity contribution in [3.63, 3.8) is 0 Å². The SMILES string of the molecule is Clc1cc(Br)ccc1-c1nc(C2CCCCCN2)no1. The normalized spacial score (nSPS) is 19.8. The van der Waals surface area contributed by atoms with Gasteiger partial charge in [-0.05, 0) is 37.6 Å². The molecule has 1 aromatic carbocycles. The number of rotatable bonds is 2. The summed E-state index contributed by atoms with van der Waals surface area (Å²) in [5, 5.41) is 8.16. The summed E-state index contributed by atoms with van der Waals surface area (Å²) in [5.41, 5.74) is 0.766. The smallest absolute Gasteiger partial charge is 0.259 e. The summed E-state index contributed by atoms with van der Waals surface area (Å²) in [4.78, 5) is 4.50. The van der Waals surface area contributed by atoms with E-state index in [0.717, 1.165) is 28.8 Å². The van der Waals surface area contributed by atoms with Gasteiger partial charge in [0.1, 0.15) is 0 Å². The monoisotopic (exact) mass is 355 g/mol. The van der Waals surface area contributed by atoms with Crippen LogP contribution in [0.15, 0.2) is 27.2 Å². The Balaban J connectivity index is 1.85. The van der Waals surface area contributed by atoms with Gasteiger partial charge in [0, 0.05) is 4.47 Å². The van der Waals surface area contributed by atoms with Crippen LogP contribution in [-0.4, -0.2) is 16.7 Å². The molecular formula is C14H15BrClN3O. The molecule has 106 valence electrons. The second-order valence-electron chi connectivity index (χ2n) is 4.94. The van der Waals surface area contributed by atoms with Gasteiger partial charge in [0.05, 0.1) is 16.6 Å². The van der Waals surface area contributed by atoms with Gasteiger partial charge in [0.25, 0.3) is 5.89 Å². The van der Waals surface area contributed by atoms with Crippen LogP contribution in [0, 0.1) is 0 Å². The van der Waals surface area contributed by atoms with Crippen molar-refractivity contribution in [3.05, 3.63) is 33.5 Å². The van der Waals surface area contributed by atoms with Gasteiger partial charge in [0.15, 0.2) is 5.82 Å². The van der Waals surface area contributed by atoms with Crippen LogP contribution in [0.25, 0.3) is 11.5 Å². The van der Waals surface area contributed by atoms with Crippen molar-refractivity contribution in [1.29, 1.82) is 0 Å². The highest BCUT2D eigenvalue weighted by Crippen LogP contribution is 2.30. The zero-order chi connectivity index (χ0) is 13.9. The van der Waals surface area contributed by atoms with Gasteiger partial charge >= 0.3 is 0 Å². The van der Waals surface area contributed by atoms with Crippen LogP contribution in [-0.2, 0) is 0 Å². The molecule has 6 heteroatoms. The van der Waals surface area contributed by atoms with Crippen LogP contribution < -0.4 is 5.32 Å². The van der Waals surface area contributed by atoms with Crippen molar-refractivity contribution < 1.29 is 4.52 Å². The van der Waals surface area contributed by atoms with Crippen LogP contribution >= 0.6 is 27.5 Å². The lowest BCUT2D eigenvalue weighted by atomic mass is 10.1. The lowest BCUT2D eigenvalue weighted by Crippen LogP contribution is -2.21. The summed E-state index contributed by atoms with van der Waals surface area (Å²) in [7, 11) is 0. The zero-order valence-electron chi connectivity index (χ0n) is 10.9. The minimum absolute atomic E-state index is 0.184. The molecule has 0 aliphatic carbocycles. The van der Waals surface area contributed by atoms with Crippen LogP contribution in [0.2, 0.25) is 5.02 Å². The molecule has 1 saturated heterocycles. The summed E-state index contributed by atoms with van der Waals surface area (Å²) in [6.45, 7) is 1.01. The summed E-state index contributed by atoms with van der Waals surface area (Å²) >= 11 is 9.60. The molecule has 0 amide bonds. The van der Waals surface area contributed by atoms with Gasteiger partial charge in [-0.3, -0.25) is 0 Å². The number of hydrogen-bond donors (Lipinski definition) is 1. The van der Waals surface area contributed by atoms with Crippen LogP contribution in [0.3, 0.4) is 0 Å². The van der Waals surface area contributed by atoms with E-state index in [1.54, 1.807) is 0 Å². The van der Waals surface area contributed by atoms with E-state index in [9.17, 15) is 0 Å². The Labute approximate surface area is 131 Å². The van der Waals surface area contributed by atoms with Crippen molar-refractivity contribution in [3.8, 4) is 11.5 Å². The lowest BCUT2D eigenvalue weighted by Gasteiger charge is -2.09. The Morgan fingerprint density at radius 3 is 3.05 bits per heavy atom. The van der Waals surface area contributed by atoms with Gasteiger partial charge < -0.3 is 9.84 Å². The highest BCUT2D eigenvalue weighted by atomic mass is 79.9. The number of aromatic nitrogens is 2. The Morgan fingerprint density at radius 2 is 2.20 bits per heavy atom. The van der Waals surface area contributed by atoms with Crippen molar-refractivity contribution in [1.82, 2.24) is 15.5 Å². The fourth-order valence-corrected chi connectivity index (χ4v) is 3.15. The van der Waals surface area contributed by atoms with E-state index >= 15 is 0 Å². The summed E-state index contributed by atoms with van der Waals surface area (Å²) in [6.07, 6.45) is 4.71. The molecule has 2 heterocycles. The summed E-state index contributed by atoms with van der Waals surface area (Å²) in [5.74, 6) is 1.20. The Morgan fingerprint density at radius 1 is 1.30 bits per heavy atom. The molecule has 1 aromatic heterocycles. The minimum Gasteiger partial charge on any atom is -0.334 e. The fraction of sp³-hybridized carbons (Fsp3) is 0.429. The predicted octanol–water partition coefficient (Wildman–Crippen LogP) is 4.36. The standard InChI is InChI=1S/C14H15BrClN3O/c15-9-5-6-10(11(16)8-9)14-18-13(19-20-14)12-4-2-1-3-7-17-12/h5-6,8,12,17H,1-4,7H2. The number of nitrogens with zero attached hydrogens (tertiary/aromatic N) is 2. The summed E-state index contributed by atoms with van der Waals surface area (Å²) in [6, 6.07) is 5.80.